The van der Waals surface area contributed by atoms with Gasteiger partial charge in [-0.3, -0.25) is 14.4 Å². The van der Waals surface area contributed by atoms with Crippen molar-refractivity contribution in [2.24, 2.45) is 0 Å². The van der Waals surface area contributed by atoms with Gasteiger partial charge in [-0.25, -0.2) is 0 Å². The topological polar surface area (TPSA) is 79.7 Å². The minimum Gasteiger partial charge on any atom is -0.347 e. The summed E-state index contributed by atoms with van der Waals surface area (Å²) in [6, 6.07) is 6.73. The number of hydrogen-bond donors (Lipinski definition) is 3. The number of benzene rings is 1. The van der Waals surface area contributed by atoms with Crippen molar-refractivity contribution in [3.05, 3.63) is 29.8 Å². The molecule has 0 aliphatic carbocycles. The van der Waals surface area contributed by atoms with Gasteiger partial charge in [-0.1, -0.05) is 0 Å². The summed E-state index contributed by atoms with van der Waals surface area (Å²) in [6.45, 7) is 7.65. The van der Waals surface area contributed by atoms with Crippen LogP contribution in [0.5, 0.6) is 0 Å². The molecule has 0 saturated heterocycles. The first-order valence-electron chi connectivity index (χ1n) is 7.60. The number of carbonyl (C=O) groups is 3. The van der Waals surface area contributed by atoms with Gasteiger partial charge in [0.05, 0.1) is 7.05 Å². The van der Waals surface area contributed by atoms with E-state index in [0.29, 0.717) is 11.3 Å². The molecule has 0 spiro atoms. The number of quaternary nitrogens is 1. The second kappa shape index (κ2) is 7.87. The molecule has 0 aliphatic rings. The van der Waals surface area contributed by atoms with E-state index < -0.39 is 0 Å². The molecule has 0 aliphatic heterocycles. The SMILES string of the molecule is CC(=O)c1ccc(NC(=O)C[NH+](C)CC(=O)NC(C)(C)C)cc1. The zero-order valence-electron chi connectivity index (χ0n) is 14.4. The Morgan fingerprint density at radius 1 is 1.00 bits per heavy atom. The van der Waals surface area contributed by atoms with Crippen molar-refractivity contribution in [2.45, 2.75) is 33.2 Å². The number of rotatable bonds is 6. The number of ketones is 1. The largest absolute Gasteiger partial charge is 0.347 e. The van der Waals surface area contributed by atoms with E-state index in [1.54, 1.807) is 31.3 Å². The van der Waals surface area contributed by atoms with E-state index in [1.165, 1.54) is 6.92 Å². The number of anilines is 1. The highest BCUT2D eigenvalue weighted by molar-refractivity contribution is 5.95. The maximum atomic E-state index is 12.0. The van der Waals surface area contributed by atoms with Gasteiger partial charge in [0.1, 0.15) is 0 Å². The molecule has 3 N–H and O–H groups in total. The van der Waals surface area contributed by atoms with Crippen molar-refractivity contribution in [2.75, 3.05) is 25.5 Å². The quantitative estimate of drug-likeness (QED) is 0.658. The van der Waals surface area contributed by atoms with Gasteiger partial charge in [0.15, 0.2) is 18.9 Å². The third-order valence-electron chi connectivity index (χ3n) is 3.01. The minimum absolute atomic E-state index is 0.0167. The molecule has 0 saturated carbocycles. The minimum atomic E-state index is -0.280. The molecule has 126 valence electrons. The van der Waals surface area contributed by atoms with Crippen LogP contribution < -0.4 is 15.5 Å². The van der Waals surface area contributed by atoms with Gasteiger partial charge < -0.3 is 15.5 Å². The number of hydrogen-bond acceptors (Lipinski definition) is 3. The van der Waals surface area contributed by atoms with Gasteiger partial charge in [0.25, 0.3) is 11.8 Å². The Labute approximate surface area is 137 Å². The highest BCUT2D eigenvalue weighted by atomic mass is 16.2. The monoisotopic (exact) mass is 320 g/mol. The first kappa shape index (κ1) is 18.8. The van der Waals surface area contributed by atoms with Gasteiger partial charge in [-0.2, -0.15) is 0 Å². The molecule has 6 heteroatoms. The molecular formula is C17H26N3O3+. The van der Waals surface area contributed by atoms with Crippen molar-refractivity contribution >= 4 is 23.3 Å². The summed E-state index contributed by atoms with van der Waals surface area (Å²) in [4.78, 5) is 35.8. The van der Waals surface area contributed by atoms with Gasteiger partial charge in [-0.05, 0) is 52.0 Å². The van der Waals surface area contributed by atoms with Crippen LogP contribution in [-0.4, -0.2) is 43.3 Å². The van der Waals surface area contributed by atoms with Gasteiger partial charge >= 0.3 is 0 Å². The summed E-state index contributed by atoms with van der Waals surface area (Å²) in [5.74, 6) is -0.285. The molecule has 0 aromatic heterocycles. The number of amides is 2. The molecule has 1 aromatic rings. The van der Waals surface area contributed by atoms with Gasteiger partial charge in [-0.15, -0.1) is 0 Å². The fraction of sp³-hybridized carbons (Fsp3) is 0.471. The third kappa shape index (κ3) is 7.56. The van der Waals surface area contributed by atoms with Crippen LogP contribution >= 0.6 is 0 Å². The van der Waals surface area contributed by atoms with Crippen molar-refractivity contribution in [3.8, 4) is 0 Å². The Bertz CT molecular complexity index is 574. The zero-order valence-corrected chi connectivity index (χ0v) is 14.4. The summed E-state index contributed by atoms with van der Waals surface area (Å²) >= 11 is 0. The van der Waals surface area contributed by atoms with E-state index in [1.807, 2.05) is 20.8 Å². The Morgan fingerprint density at radius 2 is 1.52 bits per heavy atom. The standard InChI is InChI=1S/C17H25N3O3/c1-12(21)13-6-8-14(9-7-13)18-15(22)10-20(5)11-16(23)19-17(2,3)4/h6-9H,10-11H2,1-5H3,(H,18,22)(H,19,23)/p+1. The second-order valence-corrected chi connectivity index (χ2v) is 6.79. The fourth-order valence-corrected chi connectivity index (χ4v) is 2.07. The van der Waals surface area contributed by atoms with E-state index in [4.69, 9.17) is 0 Å². The zero-order chi connectivity index (χ0) is 17.6. The molecule has 1 unspecified atom stereocenters. The first-order chi connectivity index (χ1) is 10.6. The van der Waals surface area contributed by atoms with Crippen molar-refractivity contribution in [1.82, 2.24) is 5.32 Å². The normalized spacial score (nSPS) is 12.4. The molecular weight excluding hydrogens is 294 g/mol. The van der Waals surface area contributed by atoms with Crippen molar-refractivity contribution in [1.29, 1.82) is 0 Å². The van der Waals surface area contributed by atoms with Crippen LogP contribution in [0.1, 0.15) is 38.1 Å². The molecule has 0 radical (unpaired) electrons. The van der Waals surface area contributed by atoms with E-state index in [0.717, 1.165) is 4.90 Å². The van der Waals surface area contributed by atoms with Crippen LogP contribution in [0.4, 0.5) is 5.69 Å². The molecule has 6 nitrogen and oxygen atoms in total. The highest BCUT2D eigenvalue weighted by Gasteiger charge is 2.18. The smallest absolute Gasteiger partial charge is 0.279 e. The summed E-state index contributed by atoms with van der Waals surface area (Å²) in [5.41, 5.74) is 0.953. The lowest BCUT2D eigenvalue weighted by molar-refractivity contribution is -0.862. The van der Waals surface area contributed by atoms with Crippen LogP contribution in [0.3, 0.4) is 0 Å². The first-order valence-corrected chi connectivity index (χ1v) is 7.60. The van der Waals surface area contributed by atoms with E-state index in [-0.39, 0.29) is 36.2 Å². The summed E-state index contributed by atoms with van der Waals surface area (Å²) in [7, 11) is 1.79. The molecule has 0 fully saturated rings. The predicted molar refractivity (Wildman–Crippen MR) is 89.6 cm³/mol. The number of Topliss-reactive ketones (excluding diaryl/α,β-unsaturated/α-hetero) is 1. The maximum absolute atomic E-state index is 12.0. The lowest BCUT2D eigenvalue weighted by Crippen LogP contribution is -3.11. The predicted octanol–water partition coefficient (Wildman–Crippen LogP) is 0.257. The maximum Gasteiger partial charge on any atom is 0.279 e. The van der Waals surface area contributed by atoms with Gasteiger partial charge in [0.2, 0.25) is 0 Å². The number of likely N-dealkylation sites (N-methyl/N-ethyl adjacent to an activating group) is 1. The molecule has 2 amide bonds. The number of carbonyl (C=O) groups excluding carboxylic acids is 3. The summed E-state index contributed by atoms with van der Waals surface area (Å²) in [6.07, 6.45) is 0. The van der Waals surface area contributed by atoms with Crippen LogP contribution in [0.25, 0.3) is 0 Å². The van der Waals surface area contributed by atoms with E-state index in [9.17, 15) is 14.4 Å². The summed E-state index contributed by atoms with van der Waals surface area (Å²) in [5, 5.41) is 5.62. The Kier molecular flexibility index (Phi) is 6.45. The molecule has 0 bridgehead atoms. The lowest BCUT2D eigenvalue weighted by Gasteiger charge is -2.21. The van der Waals surface area contributed by atoms with Crippen LogP contribution in [0, 0.1) is 0 Å². The summed E-state index contributed by atoms with van der Waals surface area (Å²) < 4.78 is 0. The van der Waals surface area contributed by atoms with Crippen molar-refractivity contribution in [3.63, 3.8) is 0 Å². The fourth-order valence-electron chi connectivity index (χ4n) is 2.07. The van der Waals surface area contributed by atoms with Crippen LogP contribution in [0.15, 0.2) is 24.3 Å². The average molecular weight is 320 g/mol. The Morgan fingerprint density at radius 3 is 2.00 bits per heavy atom. The molecule has 1 aromatic carbocycles. The molecule has 0 heterocycles. The van der Waals surface area contributed by atoms with E-state index in [2.05, 4.69) is 10.6 Å². The van der Waals surface area contributed by atoms with Crippen molar-refractivity contribution < 1.29 is 19.3 Å². The van der Waals surface area contributed by atoms with Gasteiger partial charge in [0, 0.05) is 16.8 Å². The molecule has 1 atom stereocenters. The van der Waals surface area contributed by atoms with Crippen LogP contribution in [-0.2, 0) is 9.59 Å². The Balaban J connectivity index is 2.46. The third-order valence-corrected chi connectivity index (χ3v) is 3.01. The average Bonchev–Trinajstić information content (AvgIpc) is 2.36. The molecule has 23 heavy (non-hydrogen) atoms. The second-order valence-electron chi connectivity index (χ2n) is 6.79. The lowest BCUT2D eigenvalue weighted by atomic mass is 10.1. The number of nitrogens with one attached hydrogen (secondary N) is 3. The highest BCUT2D eigenvalue weighted by Crippen LogP contribution is 2.09. The molecule has 1 rings (SSSR count). The van der Waals surface area contributed by atoms with E-state index >= 15 is 0 Å². The Hall–Kier alpha value is -2.21. The van der Waals surface area contributed by atoms with Crippen LogP contribution in [0.2, 0.25) is 0 Å².